The van der Waals surface area contributed by atoms with Gasteiger partial charge in [0.25, 0.3) is 0 Å². The fourth-order valence-corrected chi connectivity index (χ4v) is 5.63. The molecule has 3 aromatic carbocycles. The molecule has 0 radical (unpaired) electrons. The second-order valence-corrected chi connectivity index (χ2v) is 10.7. The van der Waals surface area contributed by atoms with Crippen LogP contribution in [0.15, 0.2) is 54.6 Å². The molecule has 13 heteroatoms. The van der Waals surface area contributed by atoms with E-state index in [1.807, 2.05) is 12.1 Å². The largest absolute Gasteiger partial charge is 0.493 e. The fourth-order valence-electron chi connectivity index (χ4n) is 5.63. The number of carbonyl (C=O) groups is 3. The number of methoxy groups -OCH3 is 2. The van der Waals surface area contributed by atoms with Gasteiger partial charge in [-0.05, 0) is 55.7 Å². The van der Waals surface area contributed by atoms with Crippen LogP contribution >= 0.6 is 0 Å². The number of nitrogens with one attached hydrogen (secondary N) is 1. The molecule has 4 aromatic rings. The smallest absolute Gasteiger partial charge is 0.249 e. The molecule has 0 spiro atoms. The molecule has 45 heavy (non-hydrogen) atoms. The third kappa shape index (κ3) is 5.98. The summed E-state index contributed by atoms with van der Waals surface area (Å²) < 4.78 is 29.4. The standard InChI is InChI=1S/C32H33N5O8/c1-19(38)22-14-28-29(45-18-44-28)15-25(22)37(30(39)17-36-24-9-5-4-8-23(24)34-35-36)31(32(40)33-16-21-7-6-12-43-21)20-10-11-26(41-2)27(13-20)42-3/h4-5,8-11,13-15,21,31H,6-7,12,16-18H2,1-3H3,(H,33,40)/t21-,31-/m1/s1. The van der Waals surface area contributed by atoms with Gasteiger partial charge in [0.2, 0.25) is 18.6 Å². The zero-order valence-electron chi connectivity index (χ0n) is 25.1. The Bertz CT molecular complexity index is 1750. The third-order valence-corrected chi connectivity index (χ3v) is 7.86. The van der Waals surface area contributed by atoms with Crippen LogP contribution < -0.4 is 29.2 Å². The van der Waals surface area contributed by atoms with Gasteiger partial charge in [0.1, 0.15) is 18.1 Å². The lowest BCUT2D eigenvalue weighted by molar-refractivity contribution is -0.127. The van der Waals surface area contributed by atoms with Crippen LogP contribution in [0, 0.1) is 0 Å². The van der Waals surface area contributed by atoms with Crippen LogP contribution in [0.1, 0.15) is 41.7 Å². The Labute approximate surface area is 258 Å². The number of ketones is 1. The minimum Gasteiger partial charge on any atom is -0.493 e. The minimum atomic E-state index is -1.26. The number of ether oxygens (including phenoxy) is 5. The molecule has 1 saturated heterocycles. The van der Waals surface area contributed by atoms with Crippen LogP contribution in [0.5, 0.6) is 23.0 Å². The summed E-state index contributed by atoms with van der Waals surface area (Å²) >= 11 is 0. The number of nitrogens with zero attached hydrogens (tertiary/aromatic N) is 4. The number of hydrogen-bond acceptors (Lipinski definition) is 10. The lowest BCUT2D eigenvalue weighted by atomic mass is 9.99. The van der Waals surface area contributed by atoms with Crippen molar-refractivity contribution in [2.75, 3.05) is 39.1 Å². The number of benzene rings is 3. The molecular weight excluding hydrogens is 582 g/mol. The maximum absolute atomic E-state index is 14.6. The first-order chi connectivity index (χ1) is 21.9. The zero-order valence-corrected chi connectivity index (χ0v) is 25.1. The summed E-state index contributed by atoms with van der Waals surface area (Å²) in [5.74, 6) is 0.158. The van der Waals surface area contributed by atoms with Crippen molar-refractivity contribution in [3.05, 3.63) is 65.7 Å². The summed E-state index contributed by atoms with van der Waals surface area (Å²) in [6.45, 7) is 1.93. The van der Waals surface area contributed by atoms with E-state index >= 15 is 0 Å². The summed E-state index contributed by atoms with van der Waals surface area (Å²) in [7, 11) is 2.99. The molecule has 0 unspecified atom stereocenters. The second-order valence-electron chi connectivity index (χ2n) is 10.7. The van der Waals surface area contributed by atoms with Crippen molar-refractivity contribution >= 4 is 34.3 Å². The van der Waals surface area contributed by atoms with Gasteiger partial charge >= 0.3 is 0 Å². The van der Waals surface area contributed by atoms with Crippen molar-refractivity contribution in [1.82, 2.24) is 20.3 Å². The van der Waals surface area contributed by atoms with Crippen LogP contribution in [-0.2, 0) is 20.9 Å². The van der Waals surface area contributed by atoms with E-state index in [0.29, 0.717) is 46.2 Å². The van der Waals surface area contributed by atoms with Gasteiger partial charge in [-0.2, -0.15) is 0 Å². The summed E-state index contributed by atoms with van der Waals surface area (Å²) in [6, 6.07) is 14.0. The van der Waals surface area contributed by atoms with Gasteiger partial charge in [0, 0.05) is 24.8 Å². The lowest BCUT2D eigenvalue weighted by Crippen LogP contribution is -2.47. The van der Waals surface area contributed by atoms with Gasteiger partial charge in [-0.3, -0.25) is 19.3 Å². The molecule has 1 aromatic heterocycles. The number of rotatable bonds is 11. The Morgan fingerprint density at radius 3 is 2.56 bits per heavy atom. The molecule has 1 N–H and O–H groups in total. The minimum absolute atomic E-state index is 0.0456. The summed E-state index contributed by atoms with van der Waals surface area (Å²) in [5, 5.41) is 11.4. The molecule has 2 atom stereocenters. The summed E-state index contributed by atoms with van der Waals surface area (Å²) in [4.78, 5) is 43.3. The molecule has 2 aliphatic rings. The van der Waals surface area contributed by atoms with Gasteiger partial charge < -0.3 is 29.0 Å². The molecule has 0 aliphatic carbocycles. The Balaban J connectivity index is 1.51. The van der Waals surface area contributed by atoms with E-state index in [2.05, 4.69) is 15.6 Å². The van der Waals surface area contributed by atoms with E-state index in [1.54, 1.807) is 36.4 Å². The van der Waals surface area contributed by atoms with E-state index in [-0.39, 0.29) is 43.0 Å². The number of hydrogen-bond donors (Lipinski definition) is 1. The topological polar surface area (TPSA) is 143 Å². The van der Waals surface area contributed by atoms with Crippen molar-refractivity contribution in [2.45, 2.75) is 38.5 Å². The normalized spacial score (nSPS) is 15.9. The van der Waals surface area contributed by atoms with Gasteiger partial charge in [0.05, 0.1) is 31.5 Å². The van der Waals surface area contributed by atoms with Crippen LogP contribution in [0.2, 0.25) is 0 Å². The van der Waals surface area contributed by atoms with Gasteiger partial charge in [-0.15, -0.1) is 5.10 Å². The van der Waals surface area contributed by atoms with Crippen LogP contribution in [-0.4, -0.2) is 72.9 Å². The number of carbonyl (C=O) groups excluding carboxylic acids is 3. The molecule has 1 fully saturated rings. The Kier molecular flexibility index (Phi) is 8.52. The molecular formula is C32H33N5O8. The first kappa shape index (κ1) is 29.9. The first-order valence-corrected chi connectivity index (χ1v) is 14.5. The number of fused-ring (bicyclic) bond motifs is 2. The summed E-state index contributed by atoms with van der Waals surface area (Å²) in [5.41, 5.74) is 2.01. The Hall–Kier alpha value is -5.17. The van der Waals surface area contributed by atoms with Crippen molar-refractivity contribution in [1.29, 1.82) is 0 Å². The molecule has 3 heterocycles. The van der Waals surface area contributed by atoms with Crippen LogP contribution in [0.25, 0.3) is 11.0 Å². The Morgan fingerprint density at radius 2 is 1.82 bits per heavy atom. The molecule has 234 valence electrons. The number of aromatic nitrogens is 3. The average Bonchev–Trinajstić information content (AvgIpc) is 3.83. The maximum atomic E-state index is 14.6. The van der Waals surface area contributed by atoms with Crippen molar-refractivity contribution in [3.8, 4) is 23.0 Å². The summed E-state index contributed by atoms with van der Waals surface area (Å²) in [6.07, 6.45) is 1.55. The van der Waals surface area contributed by atoms with Crippen molar-refractivity contribution in [3.63, 3.8) is 0 Å². The number of Topliss-reactive ketones (excluding diaryl/α,β-unsaturated/α-hetero) is 1. The third-order valence-electron chi connectivity index (χ3n) is 7.86. The number of amides is 2. The van der Waals surface area contributed by atoms with E-state index in [1.165, 1.54) is 36.8 Å². The fraction of sp³-hybridized carbons (Fsp3) is 0.344. The highest BCUT2D eigenvalue weighted by Crippen LogP contribution is 2.42. The van der Waals surface area contributed by atoms with Gasteiger partial charge in [-0.1, -0.05) is 23.4 Å². The molecule has 0 saturated carbocycles. The zero-order chi connectivity index (χ0) is 31.5. The molecule has 2 amide bonds. The monoisotopic (exact) mass is 615 g/mol. The van der Waals surface area contributed by atoms with Gasteiger partial charge in [0.15, 0.2) is 28.8 Å². The SMILES string of the molecule is COc1ccc([C@H](C(=O)NC[C@H]2CCCO2)N(C(=O)Cn2nnc3ccccc32)c2cc3c(cc2C(C)=O)OCO3)cc1OC. The molecule has 6 rings (SSSR count). The van der Waals surface area contributed by atoms with Gasteiger partial charge in [-0.25, -0.2) is 4.68 Å². The van der Waals surface area contributed by atoms with Crippen LogP contribution in [0.4, 0.5) is 5.69 Å². The molecule has 2 aliphatic heterocycles. The highest BCUT2D eigenvalue weighted by Gasteiger charge is 2.37. The maximum Gasteiger partial charge on any atom is 0.249 e. The van der Waals surface area contributed by atoms with Crippen molar-refractivity contribution in [2.24, 2.45) is 0 Å². The predicted octanol–water partition coefficient (Wildman–Crippen LogP) is 3.45. The van der Waals surface area contributed by atoms with Crippen molar-refractivity contribution < 1.29 is 38.1 Å². The van der Waals surface area contributed by atoms with E-state index in [0.717, 1.165) is 12.8 Å². The molecule has 13 nitrogen and oxygen atoms in total. The highest BCUT2D eigenvalue weighted by molar-refractivity contribution is 6.08. The Morgan fingerprint density at radius 1 is 1.04 bits per heavy atom. The average molecular weight is 616 g/mol. The number of para-hydroxylation sites is 1. The van der Waals surface area contributed by atoms with E-state index in [9.17, 15) is 14.4 Å². The lowest BCUT2D eigenvalue weighted by Gasteiger charge is -2.33. The molecule has 0 bridgehead atoms. The van der Waals surface area contributed by atoms with E-state index in [4.69, 9.17) is 23.7 Å². The van der Waals surface area contributed by atoms with E-state index < -0.39 is 17.9 Å². The highest BCUT2D eigenvalue weighted by atomic mass is 16.7. The number of anilines is 1. The first-order valence-electron chi connectivity index (χ1n) is 14.5. The quantitative estimate of drug-likeness (QED) is 0.249. The second kappa shape index (κ2) is 12.8. The van der Waals surface area contributed by atoms with Crippen LogP contribution in [0.3, 0.4) is 0 Å². The predicted molar refractivity (Wildman–Crippen MR) is 162 cm³/mol.